The maximum Gasteiger partial charge on any atom is 0.251 e. The van der Waals surface area contributed by atoms with Crippen molar-refractivity contribution in [3.05, 3.63) is 93.3 Å². The third-order valence-electron chi connectivity index (χ3n) is 6.85. The highest BCUT2D eigenvalue weighted by atomic mass is 35.5. The highest BCUT2D eigenvalue weighted by molar-refractivity contribution is 6.30. The number of halogens is 2. The summed E-state index contributed by atoms with van der Waals surface area (Å²) in [5, 5.41) is 17.0. The average Bonchev–Trinajstić information content (AvgIpc) is 3.08. The van der Waals surface area contributed by atoms with Gasteiger partial charge in [-0.05, 0) is 80.9 Å². The van der Waals surface area contributed by atoms with Gasteiger partial charge in [0.2, 0.25) is 0 Å². The van der Waals surface area contributed by atoms with Crippen molar-refractivity contribution in [2.24, 2.45) is 4.99 Å². The van der Waals surface area contributed by atoms with Gasteiger partial charge < -0.3 is 26.6 Å². The topological polar surface area (TPSA) is 89.6 Å². The standard InChI is InChI=1S/C29H32ClFN6O/c1-32-13-4-14-33-28(38)18-7-10-21(11-8-18)36-29-35-17-19-16-34-27(23-5-2-3-6-25(23)31)24-15-20(30)9-12-22(24)26(19)37-29/h5-12,15,17,27,29,32,34,36-37H,2-4,13-14,16H2,1H3,(H,33,38). The van der Waals surface area contributed by atoms with Crippen LogP contribution in [0.15, 0.2) is 76.6 Å². The Bertz CT molecular complexity index is 1320. The van der Waals surface area contributed by atoms with Crippen LogP contribution in [0, 0.1) is 0 Å². The highest BCUT2D eigenvalue weighted by Gasteiger charge is 2.30. The summed E-state index contributed by atoms with van der Waals surface area (Å²) < 4.78 is 14.8. The first kappa shape index (κ1) is 26.2. The summed E-state index contributed by atoms with van der Waals surface area (Å²) in [4.78, 5) is 17.0. The first-order valence-corrected chi connectivity index (χ1v) is 13.3. The molecule has 198 valence electrons. The Morgan fingerprint density at radius 2 is 1.95 bits per heavy atom. The summed E-state index contributed by atoms with van der Waals surface area (Å²) in [6, 6.07) is 12.8. The molecule has 0 fully saturated rings. The number of carbonyl (C=O) groups is 1. The molecule has 2 aliphatic heterocycles. The second kappa shape index (κ2) is 11.9. The van der Waals surface area contributed by atoms with E-state index in [2.05, 4.69) is 31.6 Å². The number of hydrogen-bond donors (Lipinski definition) is 5. The molecule has 9 heteroatoms. The van der Waals surface area contributed by atoms with E-state index in [1.54, 1.807) is 18.2 Å². The maximum atomic E-state index is 14.8. The Balaban J connectivity index is 1.31. The molecule has 3 aliphatic rings. The Kier molecular flexibility index (Phi) is 8.22. The number of benzene rings is 2. The molecule has 2 aromatic rings. The van der Waals surface area contributed by atoms with E-state index in [1.807, 2.05) is 49.7 Å². The summed E-state index contributed by atoms with van der Waals surface area (Å²) >= 11 is 6.40. The SMILES string of the molecule is CNCCCNC(=O)c1ccc(NC2N=CC3=C(N2)c2ccc(Cl)cc2C(C2=CCCC=C2F)NC3)cc1. The Labute approximate surface area is 227 Å². The number of fused-ring (bicyclic) bond motifs is 2. The van der Waals surface area contributed by atoms with Crippen molar-refractivity contribution in [1.29, 1.82) is 0 Å². The quantitative estimate of drug-likeness (QED) is 0.317. The molecule has 0 saturated carbocycles. The van der Waals surface area contributed by atoms with Gasteiger partial charge in [-0.3, -0.25) is 4.79 Å². The molecule has 5 N–H and O–H groups in total. The maximum absolute atomic E-state index is 14.8. The van der Waals surface area contributed by atoms with Crippen molar-refractivity contribution < 1.29 is 9.18 Å². The number of carbonyl (C=O) groups excluding carboxylic acids is 1. The van der Waals surface area contributed by atoms with Crippen LogP contribution in [0.2, 0.25) is 5.02 Å². The highest BCUT2D eigenvalue weighted by Crippen LogP contribution is 2.39. The zero-order chi connectivity index (χ0) is 26.5. The van der Waals surface area contributed by atoms with Gasteiger partial charge in [-0.25, -0.2) is 9.38 Å². The lowest BCUT2D eigenvalue weighted by molar-refractivity contribution is 0.0953. The fourth-order valence-electron chi connectivity index (χ4n) is 4.92. The molecular formula is C29H32ClFN6O. The van der Waals surface area contributed by atoms with Gasteiger partial charge in [-0.15, -0.1) is 0 Å². The summed E-state index contributed by atoms with van der Waals surface area (Å²) in [6.07, 6.45) is 7.46. The second-order valence-electron chi connectivity index (χ2n) is 9.49. The van der Waals surface area contributed by atoms with Gasteiger partial charge in [0.05, 0.1) is 11.7 Å². The van der Waals surface area contributed by atoms with Crippen LogP contribution in [0.4, 0.5) is 10.1 Å². The molecule has 0 saturated heterocycles. The second-order valence-corrected chi connectivity index (χ2v) is 9.93. The number of allylic oxidation sites excluding steroid dienone is 2. The molecule has 5 rings (SSSR count). The van der Waals surface area contributed by atoms with Gasteiger partial charge >= 0.3 is 0 Å². The van der Waals surface area contributed by atoms with Crippen LogP contribution in [0.3, 0.4) is 0 Å². The molecule has 0 spiro atoms. The third kappa shape index (κ3) is 5.83. The lowest BCUT2D eigenvalue weighted by atomic mass is 9.90. The minimum absolute atomic E-state index is 0.0913. The van der Waals surface area contributed by atoms with Crippen molar-refractivity contribution in [3.63, 3.8) is 0 Å². The van der Waals surface area contributed by atoms with Crippen molar-refractivity contribution in [2.45, 2.75) is 31.6 Å². The number of amides is 1. The summed E-state index contributed by atoms with van der Waals surface area (Å²) in [7, 11) is 1.89. The minimum Gasteiger partial charge on any atom is -0.352 e. The molecule has 2 unspecified atom stereocenters. The van der Waals surface area contributed by atoms with Crippen LogP contribution in [-0.4, -0.2) is 45.1 Å². The fraction of sp³-hybridized carbons (Fsp3) is 0.310. The third-order valence-corrected chi connectivity index (χ3v) is 7.09. The molecule has 0 radical (unpaired) electrons. The summed E-state index contributed by atoms with van der Waals surface area (Å²) in [6.45, 7) is 2.01. The smallest absolute Gasteiger partial charge is 0.251 e. The normalized spacial score (nSPS) is 20.4. The summed E-state index contributed by atoms with van der Waals surface area (Å²) in [5.41, 5.74) is 5.88. The van der Waals surface area contributed by atoms with Crippen LogP contribution < -0.4 is 26.6 Å². The summed E-state index contributed by atoms with van der Waals surface area (Å²) in [5.74, 6) is -0.276. The number of hydrogen-bond acceptors (Lipinski definition) is 6. The molecule has 38 heavy (non-hydrogen) atoms. The first-order chi connectivity index (χ1) is 18.5. The van der Waals surface area contributed by atoms with Crippen LogP contribution in [0.25, 0.3) is 5.70 Å². The molecule has 7 nitrogen and oxygen atoms in total. The van der Waals surface area contributed by atoms with Crippen LogP contribution >= 0.6 is 11.6 Å². The molecule has 2 aromatic carbocycles. The van der Waals surface area contributed by atoms with E-state index >= 15 is 0 Å². The Morgan fingerprint density at radius 3 is 2.74 bits per heavy atom. The van der Waals surface area contributed by atoms with E-state index in [9.17, 15) is 9.18 Å². The number of nitrogens with one attached hydrogen (secondary N) is 5. The minimum atomic E-state index is -0.416. The molecule has 0 bridgehead atoms. The van der Waals surface area contributed by atoms with Gasteiger partial charge in [0, 0.05) is 52.3 Å². The van der Waals surface area contributed by atoms with E-state index in [1.165, 1.54) is 0 Å². The predicted molar refractivity (Wildman–Crippen MR) is 152 cm³/mol. The Hall–Kier alpha value is -3.46. The fourth-order valence-corrected chi connectivity index (χ4v) is 5.10. The van der Waals surface area contributed by atoms with E-state index in [4.69, 9.17) is 11.6 Å². The van der Waals surface area contributed by atoms with Crippen LogP contribution in [0.1, 0.15) is 46.8 Å². The number of nitrogens with zero attached hydrogens (tertiary/aromatic N) is 1. The van der Waals surface area contributed by atoms with Gasteiger partial charge in [0.15, 0.2) is 6.29 Å². The first-order valence-electron chi connectivity index (χ1n) is 12.9. The molecule has 0 aromatic heterocycles. The van der Waals surface area contributed by atoms with E-state index in [-0.39, 0.29) is 17.8 Å². The van der Waals surface area contributed by atoms with Crippen molar-refractivity contribution in [2.75, 3.05) is 32.0 Å². The molecule has 2 heterocycles. The predicted octanol–water partition coefficient (Wildman–Crippen LogP) is 4.68. The molecule has 1 amide bonds. The van der Waals surface area contributed by atoms with Crippen LogP contribution in [-0.2, 0) is 0 Å². The average molecular weight is 535 g/mol. The lowest BCUT2D eigenvalue weighted by Gasteiger charge is -2.26. The largest absolute Gasteiger partial charge is 0.352 e. The number of anilines is 1. The lowest BCUT2D eigenvalue weighted by Crippen LogP contribution is -2.37. The van der Waals surface area contributed by atoms with E-state index in [0.29, 0.717) is 35.7 Å². The molecule has 1 aliphatic carbocycles. The van der Waals surface area contributed by atoms with Crippen molar-refractivity contribution in [3.8, 4) is 0 Å². The van der Waals surface area contributed by atoms with Gasteiger partial charge in [0.1, 0.15) is 5.83 Å². The number of rotatable bonds is 8. The van der Waals surface area contributed by atoms with Crippen molar-refractivity contribution in [1.82, 2.24) is 21.3 Å². The van der Waals surface area contributed by atoms with Gasteiger partial charge in [0.25, 0.3) is 5.91 Å². The Morgan fingerprint density at radius 1 is 1.13 bits per heavy atom. The van der Waals surface area contributed by atoms with Gasteiger partial charge in [-0.2, -0.15) is 0 Å². The number of aliphatic imine (C=N–C) groups is 1. The van der Waals surface area contributed by atoms with Gasteiger partial charge in [-0.1, -0.05) is 23.7 Å². The van der Waals surface area contributed by atoms with E-state index in [0.717, 1.165) is 47.5 Å². The molecular weight excluding hydrogens is 503 g/mol. The van der Waals surface area contributed by atoms with Crippen LogP contribution in [0.5, 0.6) is 0 Å². The monoisotopic (exact) mass is 534 g/mol. The molecule has 2 atom stereocenters. The van der Waals surface area contributed by atoms with Crippen molar-refractivity contribution >= 4 is 35.1 Å². The zero-order valence-electron chi connectivity index (χ0n) is 21.3. The van der Waals surface area contributed by atoms with E-state index < -0.39 is 6.29 Å². The zero-order valence-corrected chi connectivity index (χ0v) is 22.0.